The molecule has 0 aliphatic rings. The first-order valence-electron chi connectivity index (χ1n) is 7.14. The lowest BCUT2D eigenvalue weighted by molar-refractivity contribution is 0.579. The van der Waals surface area contributed by atoms with Gasteiger partial charge >= 0.3 is 0 Å². The molecule has 3 nitrogen and oxygen atoms in total. The van der Waals surface area contributed by atoms with Crippen LogP contribution in [0.25, 0.3) is 0 Å². The van der Waals surface area contributed by atoms with Gasteiger partial charge in [0.15, 0.2) is 9.84 Å². The summed E-state index contributed by atoms with van der Waals surface area (Å²) in [5.74, 6) is 0.241. The van der Waals surface area contributed by atoms with Crippen LogP contribution < -0.4 is 5.73 Å². The normalized spacial score (nSPS) is 11.6. The van der Waals surface area contributed by atoms with Gasteiger partial charge in [-0.05, 0) is 30.7 Å². The standard InChI is InChI=1S/C15H25NO2S/c1-2-3-4-5-6-7-8-13-19(17,18)15-11-9-14(16)10-12-15/h9-12H,2-8,13,16H2,1H3. The van der Waals surface area contributed by atoms with E-state index in [1.54, 1.807) is 24.3 Å². The minimum absolute atomic E-state index is 0.241. The molecule has 0 amide bonds. The molecule has 0 unspecified atom stereocenters. The fraction of sp³-hybridized carbons (Fsp3) is 0.600. The van der Waals surface area contributed by atoms with Crippen LogP contribution in [-0.4, -0.2) is 14.2 Å². The van der Waals surface area contributed by atoms with Crippen molar-refractivity contribution in [2.45, 2.75) is 56.8 Å². The molecule has 1 aromatic carbocycles. The Labute approximate surface area is 117 Å². The van der Waals surface area contributed by atoms with Crippen molar-refractivity contribution < 1.29 is 8.42 Å². The number of rotatable bonds is 9. The lowest BCUT2D eigenvalue weighted by Crippen LogP contribution is -2.06. The highest BCUT2D eigenvalue weighted by Gasteiger charge is 2.13. The van der Waals surface area contributed by atoms with Crippen molar-refractivity contribution in [2.24, 2.45) is 0 Å². The molecule has 4 heteroatoms. The lowest BCUT2D eigenvalue weighted by Gasteiger charge is -2.05. The summed E-state index contributed by atoms with van der Waals surface area (Å²) in [7, 11) is -3.13. The van der Waals surface area contributed by atoms with E-state index in [1.165, 1.54) is 25.7 Å². The first kappa shape index (κ1) is 16.0. The van der Waals surface area contributed by atoms with E-state index in [-0.39, 0.29) is 5.75 Å². The first-order chi connectivity index (χ1) is 9.06. The van der Waals surface area contributed by atoms with Gasteiger partial charge in [0.05, 0.1) is 10.6 Å². The van der Waals surface area contributed by atoms with E-state index in [4.69, 9.17) is 5.73 Å². The van der Waals surface area contributed by atoms with E-state index in [1.807, 2.05) is 0 Å². The van der Waals surface area contributed by atoms with Gasteiger partial charge in [-0.3, -0.25) is 0 Å². The van der Waals surface area contributed by atoms with Gasteiger partial charge < -0.3 is 5.73 Å². The largest absolute Gasteiger partial charge is 0.399 e. The molecule has 0 aromatic heterocycles. The van der Waals surface area contributed by atoms with Crippen molar-refractivity contribution in [1.29, 1.82) is 0 Å². The molecule has 0 aliphatic carbocycles. The molecule has 0 fully saturated rings. The Bertz CT molecular complexity index is 452. The predicted octanol–water partition coefficient (Wildman–Crippen LogP) is 3.79. The molecule has 0 heterocycles. The number of nitrogens with two attached hydrogens (primary N) is 1. The van der Waals surface area contributed by atoms with E-state index >= 15 is 0 Å². The molecule has 19 heavy (non-hydrogen) atoms. The SMILES string of the molecule is CCCCCCCCCS(=O)(=O)c1ccc(N)cc1. The summed E-state index contributed by atoms with van der Waals surface area (Å²) in [6.07, 6.45) is 7.89. The summed E-state index contributed by atoms with van der Waals surface area (Å²) in [6.45, 7) is 2.19. The monoisotopic (exact) mass is 283 g/mol. The molecule has 0 bridgehead atoms. The third-order valence-electron chi connectivity index (χ3n) is 3.26. The topological polar surface area (TPSA) is 60.2 Å². The molecule has 0 saturated heterocycles. The number of hydrogen-bond acceptors (Lipinski definition) is 3. The molecule has 0 saturated carbocycles. The van der Waals surface area contributed by atoms with Crippen molar-refractivity contribution in [3.05, 3.63) is 24.3 Å². The summed E-state index contributed by atoms with van der Waals surface area (Å²) in [5, 5.41) is 0. The van der Waals surface area contributed by atoms with Gasteiger partial charge in [-0.1, -0.05) is 45.4 Å². The summed E-state index contributed by atoms with van der Waals surface area (Å²) in [4.78, 5) is 0.382. The van der Waals surface area contributed by atoms with Crippen LogP contribution in [0.5, 0.6) is 0 Å². The van der Waals surface area contributed by atoms with Gasteiger partial charge in [-0.2, -0.15) is 0 Å². The maximum Gasteiger partial charge on any atom is 0.178 e. The fourth-order valence-electron chi connectivity index (χ4n) is 2.04. The van der Waals surface area contributed by atoms with E-state index in [2.05, 4.69) is 6.92 Å². The van der Waals surface area contributed by atoms with Crippen LogP contribution >= 0.6 is 0 Å². The van der Waals surface area contributed by atoms with Crippen LogP contribution in [0.15, 0.2) is 29.2 Å². The van der Waals surface area contributed by atoms with E-state index in [9.17, 15) is 8.42 Å². The molecule has 0 atom stereocenters. The molecule has 0 radical (unpaired) electrons. The number of nitrogen functional groups attached to an aromatic ring is 1. The van der Waals surface area contributed by atoms with Crippen LogP contribution in [0.1, 0.15) is 51.9 Å². The van der Waals surface area contributed by atoms with Gasteiger partial charge in [-0.25, -0.2) is 8.42 Å². The molecule has 0 spiro atoms. The second-order valence-corrected chi connectivity index (χ2v) is 7.12. The Hall–Kier alpha value is -1.03. The molecule has 1 rings (SSSR count). The minimum Gasteiger partial charge on any atom is -0.399 e. The number of sulfone groups is 1. The van der Waals surface area contributed by atoms with Gasteiger partial charge in [0.2, 0.25) is 0 Å². The number of hydrogen-bond donors (Lipinski definition) is 1. The minimum atomic E-state index is -3.13. The second kappa shape index (κ2) is 8.20. The Kier molecular flexibility index (Phi) is 6.92. The maximum atomic E-state index is 12.0. The Morgan fingerprint density at radius 2 is 1.42 bits per heavy atom. The van der Waals surface area contributed by atoms with Crippen LogP contribution in [0.4, 0.5) is 5.69 Å². The highest BCUT2D eigenvalue weighted by molar-refractivity contribution is 7.91. The molecule has 108 valence electrons. The number of benzene rings is 1. The fourth-order valence-corrected chi connectivity index (χ4v) is 3.41. The average Bonchev–Trinajstić information content (AvgIpc) is 2.38. The van der Waals surface area contributed by atoms with Crippen LogP contribution in [0.2, 0.25) is 0 Å². The van der Waals surface area contributed by atoms with Crippen molar-refractivity contribution in [1.82, 2.24) is 0 Å². The number of anilines is 1. The molecular formula is C15H25NO2S. The predicted molar refractivity (Wildman–Crippen MR) is 80.9 cm³/mol. The van der Waals surface area contributed by atoms with Crippen molar-refractivity contribution in [2.75, 3.05) is 11.5 Å². The average molecular weight is 283 g/mol. The zero-order valence-electron chi connectivity index (χ0n) is 11.8. The number of unbranched alkanes of at least 4 members (excludes halogenated alkanes) is 6. The van der Waals surface area contributed by atoms with Gasteiger partial charge in [0.25, 0.3) is 0 Å². The van der Waals surface area contributed by atoms with E-state index in [0.29, 0.717) is 10.6 Å². The zero-order valence-corrected chi connectivity index (χ0v) is 12.6. The Morgan fingerprint density at radius 1 is 0.895 bits per heavy atom. The van der Waals surface area contributed by atoms with Crippen LogP contribution in [0, 0.1) is 0 Å². The Balaban J connectivity index is 2.29. The summed E-state index contributed by atoms with van der Waals surface area (Å²) in [6, 6.07) is 6.45. The third kappa shape index (κ3) is 6.10. The van der Waals surface area contributed by atoms with E-state index in [0.717, 1.165) is 19.3 Å². The van der Waals surface area contributed by atoms with Gasteiger partial charge in [0, 0.05) is 5.69 Å². The molecular weight excluding hydrogens is 258 g/mol. The third-order valence-corrected chi connectivity index (χ3v) is 5.07. The lowest BCUT2D eigenvalue weighted by atomic mass is 10.1. The van der Waals surface area contributed by atoms with Crippen LogP contribution in [0.3, 0.4) is 0 Å². The maximum absolute atomic E-state index is 12.0. The zero-order chi connectivity index (χ0) is 14.1. The van der Waals surface area contributed by atoms with Crippen molar-refractivity contribution in [3.8, 4) is 0 Å². The summed E-state index contributed by atoms with van der Waals surface area (Å²) in [5.41, 5.74) is 6.15. The summed E-state index contributed by atoms with van der Waals surface area (Å²) < 4.78 is 24.1. The highest BCUT2D eigenvalue weighted by Crippen LogP contribution is 2.16. The molecule has 1 aromatic rings. The second-order valence-electron chi connectivity index (χ2n) is 5.01. The van der Waals surface area contributed by atoms with Gasteiger partial charge in [0.1, 0.15) is 0 Å². The van der Waals surface area contributed by atoms with Gasteiger partial charge in [-0.15, -0.1) is 0 Å². The smallest absolute Gasteiger partial charge is 0.178 e. The first-order valence-corrected chi connectivity index (χ1v) is 8.80. The van der Waals surface area contributed by atoms with E-state index < -0.39 is 9.84 Å². The quantitative estimate of drug-likeness (QED) is 0.554. The molecule has 0 aliphatic heterocycles. The highest BCUT2D eigenvalue weighted by atomic mass is 32.2. The van der Waals surface area contributed by atoms with Crippen molar-refractivity contribution >= 4 is 15.5 Å². The summed E-state index contributed by atoms with van der Waals surface area (Å²) >= 11 is 0. The Morgan fingerprint density at radius 3 is 2.00 bits per heavy atom. The molecule has 2 N–H and O–H groups in total. The van der Waals surface area contributed by atoms with Crippen molar-refractivity contribution in [3.63, 3.8) is 0 Å². The van der Waals surface area contributed by atoms with Crippen LogP contribution in [-0.2, 0) is 9.84 Å².